The summed E-state index contributed by atoms with van der Waals surface area (Å²) in [4.78, 5) is 18.5. The van der Waals surface area contributed by atoms with Gasteiger partial charge in [0.05, 0.1) is 9.26 Å². The van der Waals surface area contributed by atoms with E-state index in [1.807, 2.05) is 29.5 Å². The van der Waals surface area contributed by atoms with Gasteiger partial charge in [0.2, 0.25) is 0 Å². The molecule has 0 spiro atoms. The van der Waals surface area contributed by atoms with Crippen molar-refractivity contribution in [2.75, 3.05) is 0 Å². The molecule has 0 radical (unpaired) electrons. The van der Waals surface area contributed by atoms with Gasteiger partial charge in [0.15, 0.2) is 0 Å². The van der Waals surface area contributed by atoms with Gasteiger partial charge in [-0.05, 0) is 48.3 Å². The number of aromatic amines is 1. The van der Waals surface area contributed by atoms with Gasteiger partial charge in [-0.15, -0.1) is 0 Å². The molecule has 0 aliphatic heterocycles. The van der Waals surface area contributed by atoms with E-state index in [1.165, 1.54) is 12.8 Å². The van der Waals surface area contributed by atoms with Gasteiger partial charge >= 0.3 is 0 Å². The molecule has 1 aromatic rings. The zero-order valence-electron chi connectivity index (χ0n) is 7.43. The van der Waals surface area contributed by atoms with Gasteiger partial charge in [-0.2, -0.15) is 0 Å². The topological polar surface area (TPSA) is 45.8 Å². The molecule has 13 heavy (non-hydrogen) atoms. The lowest BCUT2D eigenvalue weighted by Gasteiger charge is -2.01. The molecule has 0 unspecified atom stereocenters. The molecule has 0 bridgehead atoms. The number of rotatable bonds is 2. The molecule has 1 aliphatic rings. The Morgan fingerprint density at radius 1 is 1.62 bits per heavy atom. The maximum absolute atomic E-state index is 11.4. The molecule has 1 aromatic heterocycles. The van der Waals surface area contributed by atoms with Gasteiger partial charge in [0, 0.05) is 6.42 Å². The first-order chi connectivity index (χ1) is 6.16. The van der Waals surface area contributed by atoms with E-state index in [0.29, 0.717) is 3.57 Å². The van der Waals surface area contributed by atoms with Crippen molar-refractivity contribution in [3.05, 3.63) is 25.4 Å². The van der Waals surface area contributed by atoms with Crippen molar-refractivity contribution in [2.24, 2.45) is 5.92 Å². The monoisotopic (exact) mass is 290 g/mol. The molecule has 0 aromatic carbocycles. The third-order valence-electron chi connectivity index (χ3n) is 2.26. The molecule has 0 saturated heterocycles. The van der Waals surface area contributed by atoms with Crippen molar-refractivity contribution in [1.82, 2.24) is 9.97 Å². The quantitative estimate of drug-likeness (QED) is 0.842. The normalized spacial score (nSPS) is 16.2. The summed E-state index contributed by atoms with van der Waals surface area (Å²) in [5, 5.41) is 0. The van der Waals surface area contributed by atoms with Crippen molar-refractivity contribution in [1.29, 1.82) is 0 Å². The minimum atomic E-state index is 0.00347. The van der Waals surface area contributed by atoms with Crippen LogP contribution >= 0.6 is 22.6 Å². The minimum absolute atomic E-state index is 0.00347. The second-order valence-electron chi connectivity index (χ2n) is 3.56. The molecule has 0 atom stereocenters. The summed E-state index contributed by atoms with van der Waals surface area (Å²) in [5.74, 6) is 1.62. The van der Waals surface area contributed by atoms with Crippen LogP contribution in [0.25, 0.3) is 0 Å². The lowest BCUT2D eigenvalue weighted by molar-refractivity contribution is 0.754. The summed E-state index contributed by atoms with van der Waals surface area (Å²) >= 11 is 2.03. The van der Waals surface area contributed by atoms with E-state index in [9.17, 15) is 4.79 Å². The highest BCUT2D eigenvalue weighted by atomic mass is 127. The Bertz CT molecular complexity index is 382. The van der Waals surface area contributed by atoms with Crippen molar-refractivity contribution in [3.8, 4) is 0 Å². The molecular formula is C9H11IN2O. The van der Waals surface area contributed by atoms with Crippen LogP contribution in [-0.4, -0.2) is 9.97 Å². The van der Waals surface area contributed by atoms with Crippen LogP contribution in [0.5, 0.6) is 0 Å². The van der Waals surface area contributed by atoms with E-state index in [1.54, 1.807) is 0 Å². The number of aryl methyl sites for hydroxylation is 1. The lowest BCUT2D eigenvalue weighted by Crippen LogP contribution is -2.16. The first-order valence-electron chi connectivity index (χ1n) is 4.42. The average molecular weight is 290 g/mol. The summed E-state index contributed by atoms with van der Waals surface area (Å²) in [6, 6.07) is 0. The number of hydrogen-bond acceptors (Lipinski definition) is 2. The second-order valence-corrected chi connectivity index (χ2v) is 4.64. The van der Waals surface area contributed by atoms with E-state index >= 15 is 0 Å². The fourth-order valence-electron chi connectivity index (χ4n) is 1.32. The predicted molar refractivity (Wildman–Crippen MR) is 58.7 cm³/mol. The van der Waals surface area contributed by atoms with Crippen LogP contribution in [0.2, 0.25) is 0 Å². The zero-order chi connectivity index (χ0) is 9.42. The van der Waals surface area contributed by atoms with Crippen molar-refractivity contribution >= 4 is 22.6 Å². The molecule has 3 nitrogen and oxygen atoms in total. The van der Waals surface area contributed by atoms with Crippen LogP contribution in [0.3, 0.4) is 0 Å². The number of hydrogen-bond donors (Lipinski definition) is 1. The summed E-state index contributed by atoms with van der Waals surface area (Å²) in [7, 11) is 0. The zero-order valence-corrected chi connectivity index (χ0v) is 9.59. The largest absolute Gasteiger partial charge is 0.310 e. The molecule has 1 saturated carbocycles. The Morgan fingerprint density at radius 3 is 2.85 bits per heavy atom. The molecular weight excluding hydrogens is 279 g/mol. The van der Waals surface area contributed by atoms with Crippen molar-refractivity contribution in [3.63, 3.8) is 0 Å². The van der Waals surface area contributed by atoms with Crippen LogP contribution in [0.15, 0.2) is 4.79 Å². The molecule has 0 amide bonds. The third kappa shape index (κ3) is 2.10. The number of H-pyrrole nitrogens is 1. The van der Waals surface area contributed by atoms with E-state index in [0.717, 1.165) is 23.9 Å². The Hall–Kier alpha value is -0.390. The number of halogens is 1. The maximum atomic E-state index is 11.4. The van der Waals surface area contributed by atoms with Gasteiger partial charge in [0.25, 0.3) is 5.56 Å². The molecule has 2 rings (SSSR count). The Labute approximate surface area is 90.1 Å². The predicted octanol–water partition coefficient (Wildman–Crippen LogP) is 1.64. The summed E-state index contributed by atoms with van der Waals surface area (Å²) in [5.41, 5.74) is 0.851. The van der Waals surface area contributed by atoms with Crippen molar-refractivity contribution in [2.45, 2.75) is 26.2 Å². The first-order valence-corrected chi connectivity index (χ1v) is 5.50. The van der Waals surface area contributed by atoms with E-state index in [4.69, 9.17) is 0 Å². The van der Waals surface area contributed by atoms with Crippen LogP contribution in [0, 0.1) is 16.4 Å². The summed E-state index contributed by atoms with van der Waals surface area (Å²) in [6.07, 6.45) is 3.51. The van der Waals surface area contributed by atoms with E-state index in [-0.39, 0.29) is 5.56 Å². The van der Waals surface area contributed by atoms with Gasteiger partial charge in [-0.3, -0.25) is 4.79 Å². The number of nitrogens with one attached hydrogen (secondary N) is 1. The fraction of sp³-hybridized carbons (Fsp3) is 0.556. The van der Waals surface area contributed by atoms with Gasteiger partial charge in [-0.25, -0.2) is 4.98 Å². The highest BCUT2D eigenvalue weighted by Gasteiger charge is 2.22. The third-order valence-corrected chi connectivity index (χ3v) is 3.53. The Kier molecular flexibility index (Phi) is 2.40. The van der Waals surface area contributed by atoms with Crippen LogP contribution < -0.4 is 5.56 Å². The van der Waals surface area contributed by atoms with Crippen LogP contribution in [-0.2, 0) is 6.42 Å². The highest BCUT2D eigenvalue weighted by molar-refractivity contribution is 14.1. The smallest absolute Gasteiger partial charge is 0.264 e. The fourth-order valence-corrected chi connectivity index (χ4v) is 1.58. The molecule has 4 heteroatoms. The number of aromatic nitrogens is 2. The molecule has 1 N–H and O–H groups in total. The summed E-state index contributed by atoms with van der Waals surface area (Å²) in [6.45, 7) is 1.88. The van der Waals surface area contributed by atoms with E-state index in [2.05, 4.69) is 9.97 Å². The van der Waals surface area contributed by atoms with Gasteiger partial charge in [-0.1, -0.05) is 0 Å². The SMILES string of the molecule is Cc1nc(CC2CC2)[nH]c(=O)c1I. The van der Waals surface area contributed by atoms with Gasteiger partial charge in [0.1, 0.15) is 5.82 Å². The van der Waals surface area contributed by atoms with E-state index < -0.39 is 0 Å². The minimum Gasteiger partial charge on any atom is -0.310 e. The molecule has 1 aliphatic carbocycles. The maximum Gasteiger partial charge on any atom is 0.264 e. The molecule has 70 valence electrons. The standard InChI is InChI=1S/C9H11IN2O/c1-5-8(10)9(13)12-7(11-5)4-6-2-3-6/h6H,2-4H2,1H3,(H,11,12,13). The molecule has 1 fully saturated rings. The Balaban J connectivity index is 2.31. The van der Waals surface area contributed by atoms with Crippen molar-refractivity contribution < 1.29 is 0 Å². The molecule has 1 heterocycles. The lowest BCUT2D eigenvalue weighted by atomic mass is 10.3. The summed E-state index contributed by atoms with van der Waals surface area (Å²) < 4.78 is 0.706. The average Bonchev–Trinajstić information content (AvgIpc) is 2.84. The first kappa shape index (κ1) is 9.18. The second kappa shape index (κ2) is 3.40. The van der Waals surface area contributed by atoms with Crippen LogP contribution in [0.1, 0.15) is 24.4 Å². The number of nitrogens with zero attached hydrogens (tertiary/aromatic N) is 1. The van der Waals surface area contributed by atoms with Gasteiger partial charge < -0.3 is 4.98 Å². The highest BCUT2D eigenvalue weighted by Crippen LogP contribution is 2.31. The Morgan fingerprint density at radius 2 is 2.31 bits per heavy atom. The van der Waals surface area contributed by atoms with Crippen LogP contribution in [0.4, 0.5) is 0 Å².